The number of carbonyl (C=O) groups excluding carboxylic acids is 1. The van der Waals surface area contributed by atoms with Crippen molar-refractivity contribution in [2.75, 3.05) is 33.9 Å². The van der Waals surface area contributed by atoms with Gasteiger partial charge < -0.3 is 23.6 Å². The molecule has 0 radical (unpaired) electrons. The van der Waals surface area contributed by atoms with Crippen LogP contribution in [0.1, 0.15) is 40.0 Å². The van der Waals surface area contributed by atoms with E-state index in [1.807, 2.05) is 30.3 Å². The molecule has 0 saturated carbocycles. The van der Waals surface area contributed by atoms with E-state index in [9.17, 15) is 4.79 Å². The lowest BCUT2D eigenvalue weighted by Gasteiger charge is -2.17. The predicted molar refractivity (Wildman–Crippen MR) is 115 cm³/mol. The number of nitrogens with zero attached hydrogens (tertiary/aromatic N) is 4. The Labute approximate surface area is 186 Å². The molecule has 4 rings (SSSR count). The van der Waals surface area contributed by atoms with Crippen LogP contribution in [0.3, 0.4) is 0 Å². The summed E-state index contributed by atoms with van der Waals surface area (Å²) in [6, 6.07) is 13.3. The van der Waals surface area contributed by atoms with Gasteiger partial charge in [0, 0.05) is 25.6 Å². The zero-order valence-electron chi connectivity index (χ0n) is 18.2. The molecule has 2 aromatic heterocycles. The van der Waals surface area contributed by atoms with E-state index >= 15 is 0 Å². The van der Waals surface area contributed by atoms with Crippen LogP contribution in [-0.2, 0) is 17.8 Å². The second-order valence-corrected chi connectivity index (χ2v) is 7.48. The topological polar surface area (TPSA) is 99.8 Å². The minimum atomic E-state index is -0.145. The lowest BCUT2D eigenvalue weighted by molar-refractivity contribution is 0.0785. The monoisotopic (exact) mass is 438 g/mol. The minimum Gasteiger partial charge on any atom is -0.481 e. The van der Waals surface area contributed by atoms with Gasteiger partial charge in [-0.15, -0.1) is 0 Å². The molecule has 168 valence electrons. The number of pyridine rings is 1. The molecular weight excluding hydrogens is 412 g/mol. The standard InChI is InChI=1S/C23H26N4O5/c1-29-20-9-8-18(22(25-20)30-2)23(28)27-12-10-17(14-27)21-24-19(26-32-21)11-13-31-15-16-6-4-3-5-7-16/h3-9,17H,10-15H2,1-2H3. The summed E-state index contributed by atoms with van der Waals surface area (Å²) >= 11 is 0. The first kappa shape index (κ1) is 21.8. The number of hydrogen-bond acceptors (Lipinski definition) is 8. The Morgan fingerprint density at radius 2 is 1.97 bits per heavy atom. The van der Waals surface area contributed by atoms with Crippen LogP contribution in [-0.4, -0.2) is 59.8 Å². The number of ether oxygens (including phenoxy) is 3. The van der Waals surface area contributed by atoms with E-state index in [1.165, 1.54) is 14.2 Å². The zero-order valence-corrected chi connectivity index (χ0v) is 18.2. The lowest BCUT2D eigenvalue weighted by Crippen LogP contribution is -2.29. The minimum absolute atomic E-state index is 0.00244. The number of benzene rings is 1. The largest absolute Gasteiger partial charge is 0.481 e. The molecule has 9 heteroatoms. The summed E-state index contributed by atoms with van der Waals surface area (Å²) in [6.07, 6.45) is 1.32. The molecule has 9 nitrogen and oxygen atoms in total. The Balaban J connectivity index is 1.30. The third-order valence-corrected chi connectivity index (χ3v) is 5.36. The smallest absolute Gasteiger partial charge is 0.259 e. The molecule has 1 saturated heterocycles. The SMILES string of the molecule is COc1ccc(C(=O)N2CCC(c3nc(CCOCc4ccccc4)no3)C2)c(OC)n1. The highest BCUT2D eigenvalue weighted by molar-refractivity contribution is 5.96. The van der Waals surface area contributed by atoms with Crippen molar-refractivity contribution in [2.24, 2.45) is 0 Å². The van der Waals surface area contributed by atoms with Gasteiger partial charge in [-0.2, -0.15) is 9.97 Å². The maximum atomic E-state index is 13.0. The normalized spacial score (nSPS) is 15.7. The molecular formula is C23H26N4O5. The summed E-state index contributed by atoms with van der Waals surface area (Å²) in [5.74, 6) is 1.66. The van der Waals surface area contributed by atoms with Crippen molar-refractivity contribution in [3.63, 3.8) is 0 Å². The van der Waals surface area contributed by atoms with Crippen LogP contribution in [0.15, 0.2) is 47.0 Å². The van der Waals surface area contributed by atoms with Crippen molar-refractivity contribution >= 4 is 5.91 Å². The van der Waals surface area contributed by atoms with Gasteiger partial charge in [0.25, 0.3) is 5.91 Å². The summed E-state index contributed by atoms with van der Waals surface area (Å²) in [5, 5.41) is 4.07. The summed E-state index contributed by atoms with van der Waals surface area (Å²) < 4.78 is 21.5. The Hall–Kier alpha value is -3.46. The first-order valence-corrected chi connectivity index (χ1v) is 10.5. The molecule has 0 aliphatic carbocycles. The highest BCUT2D eigenvalue weighted by Crippen LogP contribution is 2.29. The zero-order chi connectivity index (χ0) is 22.3. The van der Waals surface area contributed by atoms with Crippen LogP contribution < -0.4 is 9.47 Å². The highest BCUT2D eigenvalue weighted by Gasteiger charge is 2.33. The Kier molecular flexibility index (Phi) is 6.96. The van der Waals surface area contributed by atoms with Crippen molar-refractivity contribution in [1.29, 1.82) is 0 Å². The van der Waals surface area contributed by atoms with E-state index in [0.717, 1.165) is 12.0 Å². The van der Waals surface area contributed by atoms with Crippen LogP contribution in [0.4, 0.5) is 0 Å². The lowest BCUT2D eigenvalue weighted by atomic mass is 10.1. The number of hydrogen-bond donors (Lipinski definition) is 0. The first-order valence-electron chi connectivity index (χ1n) is 10.5. The van der Waals surface area contributed by atoms with Crippen molar-refractivity contribution < 1.29 is 23.5 Å². The van der Waals surface area contributed by atoms with Gasteiger partial charge in [-0.3, -0.25) is 4.79 Å². The fourth-order valence-electron chi connectivity index (χ4n) is 3.63. The number of rotatable bonds is 9. The van der Waals surface area contributed by atoms with E-state index in [-0.39, 0.29) is 17.7 Å². The van der Waals surface area contributed by atoms with Crippen LogP contribution in [0.25, 0.3) is 0 Å². The third-order valence-electron chi connectivity index (χ3n) is 5.36. The molecule has 1 aliphatic heterocycles. The fourth-order valence-corrected chi connectivity index (χ4v) is 3.63. The molecule has 1 fully saturated rings. The van der Waals surface area contributed by atoms with E-state index < -0.39 is 0 Å². The van der Waals surface area contributed by atoms with E-state index in [1.54, 1.807) is 17.0 Å². The Morgan fingerprint density at radius 3 is 2.75 bits per heavy atom. The second-order valence-electron chi connectivity index (χ2n) is 7.48. The molecule has 1 aliphatic rings. The molecule has 0 spiro atoms. The number of methoxy groups -OCH3 is 2. The quantitative estimate of drug-likeness (QED) is 0.470. The summed E-state index contributed by atoms with van der Waals surface area (Å²) in [6.45, 7) is 2.15. The van der Waals surface area contributed by atoms with Gasteiger partial charge in [0.05, 0.1) is 33.4 Å². The van der Waals surface area contributed by atoms with Crippen LogP contribution >= 0.6 is 0 Å². The number of likely N-dealkylation sites (tertiary alicyclic amines) is 1. The summed E-state index contributed by atoms with van der Waals surface area (Å²) in [5.41, 5.74) is 1.52. The average Bonchev–Trinajstić information content (AvgIpc) is 3.51. The molecule has 1 aromatic carbocycles. The number of amides is 1. The Bertz CT molecular complexity index is 1040. The molecule has 0 N–H and O–H groups in total. The number of aromatic nitrogens is 3. The number of carbonyl (C=O) groups is 1. The van der Waals surface area contributed by atoms with Gasteiger partial charge in [-0.1, -0.05) is 35.5 Å². The predicted octanol–water partition coefficient (Wildman–Crippen LogP) is 2.87. The molecule has 1 amide bonds. The van der Waals surface area contributed by atoms with E-state index in [2.05, 4.69) is 15.1 Å². The molecule has 1 atom stereocenters. The highest BCUT2D eigenvalue weighted by atomic mass is 16.5. The molecule has 3 heterocycles. The van der Waals surface area contributed by atoms with Gasteiger partial charge in [0.15, 0.2) is 5.82 Å². The van der Waals surface area contributed by atoms with Gasteiger partial charge in [0.1, 0.15) is 5.56 Å². The van der Waals surface area contributed by atoms with Crippen LogP contribution in [0.5, 0.6) is 11.8 Å². The van der Waals surface area contributed by atoms with Gasteiger partial charge in [0.2, 0.25) is 17.7 Å². The maximum absolute atomic E-state index is 13.0. The Morgan fingerprint density at radius 1 is 1.12 bits per heavy atom. The molecule has 32 heavy (non-hydrogen) atoms. The van der Waals surface area contributed by atoms with Gasteiger partial charge in [-0.05, 0) is 18.1 Å². The first-order chi connectivity index (χ1) is 15.7. The van der Waals surface area contributed by atoms with Gasteiger partial charge >= 0.3 is 0 Å². The average molecular weight is 438 g/mol. The molecule has 3 aromatic rings. The van der Waals surface area contributed by atoms with Crippen molar-refractivity contribution in [3.05, 3.63) is 65.3 Å². The maximum Gasteiger partial charge on any atom is 0.259 e. The van der Waals surface area contributed by atoms with Crippen LogP contribution in [0, 0.1) is 0 Å². The second kappa shape index (κ2) is 10.2. The molecule has 1 unspecified atom stereocenters. The summed E-state index contributed by atoms with van der Waals surface area (Å²) in [7, 11) is 3.00. The van der Waals surface area contributed by atoms with Crippen molar-refractivity contribution in [1.82, 2.24) is 20.0 Å². The van der Waals surface area contributed by atoms with E-state index in [0.29, 0.717) is 55.9 Å². The fraction of sp³-hybridized carbons (Fsp3) is 0.391. The van der Waals surface area contributed by atoms with E-state index in [4.69, 9.17) is 18.7 Å². The van der Waals surface area contributed by atoms with Crippen LogP contribution in [0.2, 0.25) is 0 Å². The van der Waals surface area contributed by atoms with Crippen molar-refractivity contribution in [3.8, 4) is 11.8 Å². The van der Waals surface area contributed by atoms with Crippen molar-refractivity contribution in [2.45, 2.75) is 25.4 Å². The summed E-state index contributed by atoms with van der Waals surface area (Å²) in [4.78, 5) is 23.4. The molecule has 0 bridgehead atoms. The third kappa shape index (κ3) is 5.05. The van der Waals surface area contributed by atoms with Gasteiger partial charge in [-0.25, -0.2) is 0 Å².